The van der Waals surface area contributed by atoms with Gasteiger partial charge in [-0.25, -0.2) is 4.39 Å². The number of hydrogen-bond acceptors (Lipinski definition) is 3. The lowest BCUT2D eigenvalue weighted by molar-refractivity contribution is 0.209. The first kappa shape index (κ1) is 18.8. The van der Waals surface area contributed by atoms with Gasteiger partial charge in [-0.15, -0.1) is 0 Å². The van der Waals surface area contributed by atoms with Gasteiger partial charge in [0.25, 0.3) is 0 Å². The molecule has 0 amide bonds. The maximum atomic E-state index is 15.4. The zero-order valence-corrected chi connectivity index (χ0v) is 15.8. The van der Waals surface area contributed by atoms with Gasteiger partial charge < -0.3 is 15.1 Å². The van der Waals surface area contributed by atoms with Crippen LogP contribution in [0.4, 0.5) is 4.39 Å². The SMILES string of the molecule is C=CC1=CN(CCC)C(/C(F)=C(\C)N2CC(C)NC(C)C2)=C(C)C1. The number of piperazine rings is 1. The highest BCUT2D eigenvalue weighted by Crippen LogP contribution is 2.33. The molecule has 134 valence electrons. The Hall–Kier alpha value is -1.55. The van der Waals surface area contributed by atoms with Gasteiger partial charge in [-0.1, -0.05) is 19.6 Å². The molecule has 0 aromatic heterocycles. The fourth-order valence-corrected chi connectivity index (χ4v) is 3.71. The fraction of sp³-hybridized carbons (Fsp3) is 0.600. The largest absolute Gasteiger partial charge is 0.370 e. The van der Waals surface area contributed by atoms with Crippen molar-refractivity contribution < 1.29 is 4.39 Å². The average Bonchev–Trinajstić information content (AvgIpc) is 2.52. The standard InChI is InChI=1S/C20H32FN3/c1-7-9-23-13-18(8-2)10-14(3)20(23)19(21)17(6)24-11-15(4)22-16(5)12-24/h8,13,15-16,22H,2,7,9-12H2,1,3-6H3/b19-17-. The zero-order valence-electron chi connectivity index (χ0n) is 15.8. The van der Waals surface area contributed by atoms with E-state index in [4.69, 9.17) is 0 Å². The Bertz CT molecular complexity index is 563. The highest BCUT2D eigenvalue weighted by molar-refractivity contribution is 5.40. The van der Waals surface area contributed by atoms with E-state index in [1.165, 1.54) is 0 Å². The molecule has 4 heteroatoms. The van der Waals surface area contributed by atoms with E-state index in [1.54, 1.807) is 0 Å². The number of allylic oxidation sites excluding steroid dienone is 5. The van der Waals surface area contributed by atoms with Crippen LogP contribution in [0.1, 0.15) is 47.5 Å². The monoisotopic (exact) mass is 333 g/mol. The van der Waals surface area contributed by atoms with Crippen LogP contribution in [0.3, 0.4) is 0 Å². The molecule has 0 aliphatic carbocycles. The summed E-state index contributed by atoms with van der Waals surface area (Å²) in [5.41, 5.74) is 3.73. The van der Waals surface area contributed by atoms with Crippen molar-refractivity contribution in [3.63, 3.8) is 0 Å². The number of rotatable bonds is 5. The number of halogens is 1. The van der Waals surface area contributed by atoms with E-state index >= 15 is 4.39 Å². The van der Waals surface area contributed by atoms with Crippen molar-refractivity contribution in [1.82, 2.24) is 15.1 Å². The zero-order chi connectivity index (χ0) is 17.9. The third-order valence-electron chi connectivity index (χ3n) is 4.77. The summed E-state index contributed by atoms with van der Waals surface area (Å²) in [6, 6.07) is 0.744. The van der Waals surface area contributed by atoms with Crippen molar-refractivity contribution in [3.05, 3.63) is 47.2 Å². The second-order valence-corrected chi connectivity index (χ2v) is 7.18. The Morgan fingerprint density at radius 3 is 2.54 bits per heavy atom. The minimum atomic E-state index is -0.0818. The van der Waals surface area contributed by atoms with Crippen LogP contribution in [0.15, 0.2) is 47.2 Å². The number of nitrogens with zero attached hydrogens (tertiary/aromatic N) is 2. The first-order valence-corrected chi connectivity index (χ1v) is 9.04. The molecule has 0 bridgehead atoms. The van der Waals surface area contributed by atoms with Crippen LogP contribution in [0.5, 0.6) is 0 Å². The molecule has 2 heterocycles. The summed E-state index contributed by atoms with van der Waals surface area (Å²) in [4.78, 5) is 4.24. The molecule has 1 fully saturated rings. The quantitative estimate of drug-likeness (QED) is 0.808. The van der Waals surface area contributed by atoms with Crippen LogP contribution in [-0.4, -0.2) is 41.5 Å². The Morgan fingerprint density at radius 1 is 1.38 bits per heavy atom. The van der Waals surface area contributed by atoms with Gasteiger partial charge in [-0.3, -0.25) is 0 Å². The molecule has 1 saturated heterocycles. The number of nitrogens with one attached hydrogen (secondary N) is 1. The average molecular weight is 333 g/mol. The van der Waals surface area contributed by atoms with Gasteiger partial charge in [-0.05, 0) is 51.7 Å². The molecule has 0 saturated carbocycles. The minimum Gasteiger partial charge on any atom is -0.370 e. The highest BCUT2D eigenvalue weighted by atomic mass is 19.1. The van der Waals surface area contributed by atoms with E-state index in [1.807, 2.05) is 19.9 Å². The topological polar surface area (TPSA) is 18.5 Å². The predicted octanol–water partition coefficient (Wildman–Crippen LogP) is 4.33. The van der Waals surface area contributed by atoms with Gasteiger partial charge in [0.1, 0.15) is 0 Å². The van der Waals surface area contributed by atoms with Gasteiger partial charge in [0, 0.05) is 43.6 Å². The fourth-order valence-electron chi connectivity index (χ4n) is 3.71. The molecule has 2 atom stereocenters. The Morgan fingerprint density at radius 2 is 2.00 bits per heavy atom. The molecule has 0 aromatic rings. The summed E-state index contributed by atoms with van der Waals surface area (Å²) in [5, 5.41) is 3.50. The lowest BCUT2D eigenvalue weighted by Gasteiger charge is -2.39. The normalized spacial score (nSPS) is 26.3. The van der Waals surface area contributed by atoms with Crippen LogP contribution in [0.2, 0.25) is 0 Å². The van der Waals surface area contributed by atoms with Crippen molar-refractivity contribution in [1.29, 1.82) is 0 Å². The van der Waals surface area contributed by atoms with Crippen LogP contribution >= 0.6 is 0 Å². The molecule has 1 N–H and O–H groups in total. The highest BCUT2D eigenvalue weighted by Gasteiger charge is 2.27. The van der Waals surface area contributed by atoms with E-state index in [0.717, 1.165) is 55.0 Å². The third kappa shape index (κ3) is 4.10. The van der Waals surface area contributed by atoms with Crippen LogP contribution in [0, 0.1) is 0 Å². The van der Waals surface area contributed by atoms with E-state index in [0.29, 0.717) is 12.1 Å². The predicted molar refractivity (Wildman–Crippen MR) is 100 cm³/mol. The van der Waals surface area contributed by atoms with Crippen molar-refractivity contribution in [2.75, 3.05) is 19.6 Å². The molecule has 3 nitrogen and oxygen atoms in total. The Balaban J connectivity index is 2.33. The van der Waals surface area contributed by atoms with Gasteiger partial charge in [0.15, 0.2) is 5.83 Å². The molecule has 2 unspecified atom stereocenters. The molecule has 2 rings (SSSR count). The Kier molecular flexibility index (Phi) is 6.27. The van der Waals surface area contributed by atoms with E-state index < -0.39 is 0 Å². The molecule has 0 spiro atoms. The van der Waals surface area contributed by atoms with Gasteiger partial charge in [0.05, 0.1) is 5.70 Å². The summed E-state index contributed by atoms with van der Waals surface area (Å²) in [5.74, 6) is -0.0818. The molecule has 2 aliphatic heterocycles. The maximum Gasteiger partial charge on any atom is 0.165 e. The summed E-state index contributed by atoms with van der Waals surface area (Å²) in [6.07, 6.45) is 5.67. The molecule has 24 heavy (non-hydrogen) atoms. The summed E-state index contributed by atoms with van der Waals surface area (Å²) >= 11 is 0. The van der Waals surface area contributed by atoms with Gasteiger partial charge in [-0.2, -0.15) is 0 Å². The summed E-state index contributed by atoms with van der Waals surface area (Å²) in [7, 11) is 0. The van der Waals surface area contributed by atoms with E-state index in [-0.39, 0.29) is 5.83 Å². The summed E-state index contributed by atoms with van der Waals surface area (Å²) in [6.45, 7) is 16.8. The van der Waals surface area contributed by atoms with Crippen LogP contribution in [-0.2, 0) is 0 Å². The minimum absolute atomic E-state index is 0.0818. The first-order chi connectivity index (χ1) is 11.4. The second kappa shape index (κ2) is 8.02. The molecule has 0 radical (unpaired) electrons. The van der Waals surface area contributed by atoms with E-state index in [2.05, 4.69) is 48.7 Å². The first-order valence-electron chi connectivity index (χ1n) is 9.04. The maximum absolute atomic E-state index is 15.4. The molecule has 2 aliphatic rings. The lowest BCUT2D eigenvalue weighted by atomic mass is 9.99. The molecular weight excluding hydrogens is 301 g/mol. The van der Waals surface area contributed by atoms with E-state index in [9.17, 15) is 0 Å². The van der Waals surface area contributed by atoms with Crippen molar-refractivity contribution in [2.45, 2.75) is 59.5 Å². The van der Waals surface area contributed by atoms with Crippen LogP contribution in [0.25, 0.3) is 0 Å². The summed E-state index contributed by atoms with van der Waals surface area (Å²) < 4.78 is 15.4. The Labute approximate surface area is 146 Å². The third-order valence-corrected chi connectivity index (χ3v) is 4.77. The molecule has 0 aromatic carbocycles. The lowest BCUT2D eigenvalue weighted by Crippen LogP contribution is -2.53. The van der Waals surface area contributed by atoms with Crippen molar-refractivity contribution >= 4 is 0 Å². The second-order valence-electron chi connectivity index (χ2n) is 7.18. The number of hydrogen-bond donors (Lipinski definition) is 1. The van der Waals surface area contributed by atoms with Gasteiger partial charge >= 0.3 is 0 Å². The van der Waals surface area contributed by atoms with Crippen molar-refractivity contribution in [2.24, 2.45) is 0 Å². The smallest absolute Gasteiger partial charge is 0.165 e. The molecular formula is C20H32FN3. The van der Waals surface area contributed by atoms with Crippen molar-refractivity contribution in [3.8, 4) is 0 Å². The van der Waals surface area contributed by atoms with Gasteiger partial charge in [0.2, 0.25) is 0 Å². The van der Waals surface area contributed by atoms with Crippen LogP contribution < -0.4 is 5.32 Å².